The number of likely N-dealkylation sites (N-methyl/N-ethyl adjacent to an activating group) is 1. The van der Waals surface area contributed by atoms with E-state index in [1.54, 1.807) is 14.1 Å². The van der Waals surface area contributed by atoms with Crippen LogP contribution in [-0.2, 0) is 16.0 Å². The maximum atomic E-state index is 13.5. The van der Waals surface area contributed by atoms with Gasteiger partial charge in [-0.2, -0.15) is 0 Å². The van der Waals surface area contributed by atoms with Crippen LogP contribution in [0.5, 0.6) is 5.75 Å². The van der Waals surface area contributed by atoms with Crippen molar-refractivity contribution in [2.45, 2.75) is 24.5 Å². The standard InChI is InChI=1S/C24H25ClN2O8/c1-27(2)18-13-7-10-6-12-9(5-11(25)8-28)3-4-14(29)16(12)19(30)15(10)21(32)24(13,35)22(33)17(20(18)31)23(26)34/h3-5,10,13,18,28-29,31-32,35H,6-8H2,1-2H3,(H2,26,34)/b11-5-/t10-,13+,18-,24+/m1/s1. The van der Waals surface area contributed by atoms with Crippen molar-refractivity contribution in [1.82, 2.24) is 4.90 Å². The summed E-state index contributed by atoms with van der Waals surface area (Å²) in [6.45, 7) is -0.434. The van der Waals surface area contributed by atoms with E-state index in [1.807, 2.05) is 0 Å². The van der Waals surface area contributed by atoms with Gasteiger partial charge in [-0.15, -0.1) is 0 Å². The molecule has 186 valence electrons. The highest BCUT2D eigenvalue weighted by Crippen LogP contribution is 2.52. The minimum Gasteiger partial charge on any atom is -0.510 e. The van der Waals surface area contributed by atoms with E-state index in [-0.39, 0.29) is 34.8 Å². The van der Waals surface area contributed by atoms with E-state index in [0.717, 1.165) is 0 Å². The number of hydrogen-bond acceptors (Lipinski definition) is 9. The Kier molecular flexibility index (Phi) is 6.05. The molecule has 3 aliphatic rings. The maximum Gasteiger partial charge on any atom is 0.255 e. The number of fused-ring (bicyclic) bond motifs is 3. The van der Waals surface area contributed by atoms with Crippen molar-refractivity contribution in [3.05, 3.63) is 56.5 Å². The smallest absolute Gasteiger partial charge is 0.255 e. The van der Waals surface area contributed by atoms with Gasteiger partial charge in [-0.1, -0.05) is 17.7 Å². The lowest BCUT2D eigenvalue weighted by molar-refractivity contribution is -0.148. The molecule has 11 heteroatoms. The van der Waals surface area contributed by atoms with Gasteiger partial charge in [0.15, 0.2) is 11.4 Å². The molecule has 0 aliphatic heterocycles. The summed E-state index contributed by atoms with van der Waals surface area (Å²) in [5.41, 5.74) is 2.31. The highest BCUT2D eigenvalue weighted by Gasteiger charge is 2.63. The summed E-state index contributed by atoms with van der Waals surface area (Å²) in [7, 11) is 3.12. The number of hydrogen-bond donors (Lipinski definition) is 6. The number of carbonyl (C=O) groups excluding carboxylic acids is 3. The predicted octanol–water partition coefficient (Wildman–Crippen LogP) is 0.693. The third-order valence-electron chi connectivity index (χ3n) is 7.11. The second-order valence-electron chi connectivity index (χ2n) is 9.24. The SMILES string of the molecule is CN(C)[C@H]1C(O)=C(C(N)=O)C(=O)[C@@]2(O)C(O)=C3C(=O)c4c(O)ccc(/C=C(\Cl)CO)c4C[C@@H]3C[C@@H]12. The van der Waals surface area contributed by atoms with Crippen molar-refractivity contribution in [1.29, 1.82) is 0 Å². The molecule has 1 aromatic rings. The quantitative estimate of drug-likeness (QED) is 0.321. The number of benzene rings is 1. The third kappa shape index (κ3) is 3.48. The molecule has 0 heterocycles. The second-order valence-corrected chi connectivity index (χ2v) is 9.73. The Hall–Kier alpha value is -3.18. The summed E-state index contributed by atoms with van der Waals surface area (Å²) in [6, 6.07) is 1.74. The molecular formula is C24H25ClN2O8. The number of halogens is 1. The molecule has 4 rings (SSSR count). The lowest BCUT2D eigenvalue weighted by Crippen LogP contribution is -2.63. The number of phenolic OH excluding ortho intramolecular Hbond substituents is 1. The number of rotatable bonds is 4. The van der Waals surface area contributed by atoms with E-state index in [1.165, 1.54) is 23.1 Å². The highest BCUT2D eigenvalue weighted by atomic mass is 35.5. The van der Waals surface area contributed by atoms with Crippen LogP contribution >= 0.6 is 11.6 Å². The fourth-order valence-electron chi connectivity index (χ4n) is 5.62. The van der Waals surface area contributed by atoms with Crippen molar-refractivity contribution in [3.8, 4) is 5.75 Å². The van der Waals surface area contributed by atoms with Crippen molar-refractivity contribution < 1.29 is 39.9 Å². The number of amides is 1. The van der Waals surface area contributed by atoms with E-state index in [0.29, 0.717) is 11.1 Å². The van der Waals surface area contributed by atoms with Gasteiger partial charge in [0.25, 0.3) is 5.91 Å². The number of Topliss-reactive ketones (excluding diaryl/α,β-unsaturated/α-hetero) is 2. The van der Waals surface area contributed by atoms with Gasteiger partial charge in [0, 0.05) is 16.5 Å². The summed E-state index contributed by atoms with van der Waals surface area (Å²) < 4.78 is 0. The van der Waals surface area contributed by atoms with Crippen LogP contribution in [0.4, 0.5) is 0 Å². The van der Waals surface area contributed by atoms with Gasteiger partial charge in [-0.05, 0) is 56.1 Å². The lowest BCUT2D eigenvalue weighted by atomic mass is 9.58. The number of nitrogens with two attached hydrogens (primary N) is 1. The first-order valence-electron chi connectivity index (χ1n) is 10.8. The Balaban J connectivity index is 1.96. The minimum atomic E-state index is -2.68. The molecule has 4 atom stereocenters. The molecule has 1 aromatic carbocycles. The van der Waals surface area contributed by atoms with Gasteiger partial charge in [-0.25, -0.2) is 0 Å². The summed E-state index contributed by atoms with van der Waals surface area (Å²) in [6.07, 6.45) is 1.57. The zero-order valence-corrected chi connectivity index (χ0v) is 19.7. The van der Waals surface area contributed by atoms with Crippen LogP contribution < -0.4 is 5.73 Å². The van der Waals surface area contributed by atoms with Gasteiger partial charge in [0.2, 0.25) is 5.78 Å². The van der Waals surface area contributed by atoms with Crippen molar-refractivity contribution in [3.63, 3.8) is 0 Å². The largest absolute Gasteiger partial charge is 0.510 e. The fourth-order valence-corrected chi connectivity index (χ4v) is 5.74. The zero-order chi connectivity index (χ0) is 26.0. The minimum absolute atomic E-state index is 0.0156. The summed E-state index contributed by atoms with van der Waals surface area (Å²) in [4.78, 5) is 40.2. The van der Waals surface area contributed by atoms with E-state index >= 15 is 0 Å². The Labute approximate surface area is 205 Å². The topological polar surface area (TPSA) is 182 Å². The number of aliphatic hydroxyl groups excluding tert-OH is 3. The molecule has 0 radical (unpaired) electrons. The summed E-state index contributed by atoms with van der Waals surface area (Å²) >= 11 is 5.98. The number of aliphatic hydroxyl groups is 4. The first kappa shape index (κ1) is 24.9. The summed E-state index contributed by atoms with van der Waals surface area (Å²) in [5.74, 6) is -7.07. The molecule has 10 nitrogen and oxygen atoms in total. The number of carbonyl (C=O) groups is 3. The van der Waals surface area contributed by atoms with Gasteiger partial charge >= 0.3 is 0 Å². The monoisotopic (exact) mass is 504 g/mol. The van der Waals surface area contributed by atoms with Gasteiger partial charge in [-0.3, -0.25) is 19.3 Å². The van der Waals surface area contributed by atoms with Crippen molar-refractivity contribution in [2.75, 3.05) is 20.7 Å². The molecule has 0 bridgehead atoms. The Morgan fingerprint density at radius 2 is 1.91 bits per heavy atom. The molecule has 0 aromatic heterocycles. The van der Waals surface area contributed by atoms with Gasteiger partial charge in [0.1, 0.15) is 22.8 Å². The number of allylic oxidation sites excluding steroid dienone is 1. The Bertz CT molecular complexity index is 1260. The van der Waals surface area contributed by atoms with Crippen LogP contribution in [0.1, 0.15) is 27.9 Å². The van der Waals surface area contributed by atoms with Crippen LogP contribution in [0, 0.1) is 11.8 Å². The Morgan fingerprint density at radius 1 is 1.26 bits per heavy atom. The third-order valence-corrected chi connectivity index (χ3v) is 7.33. The fraction of sp³-hybridized carbons (Fsp3) is 0.375. The molecule has 7 N–H and O–H groups in total. The van der Waals surface area contributed by atoms with E-state index < -0.39 is 64.7 Å². The molecule has 35 heavy (non-hydrogen) atoms. The van der Waals surface area contributed by atoms with Crippen LogP contribution in [0.2, 0.25) is 0 Å². The first-order chi connectivity index (χ1) is 16.4. The maximum absolute atomic E-state index is 13.5. The molecule has 1 amide bonds. The number of phenols is 1. The molecular weight excluding hydrogens is 480 g/mol. The lowest BCUT2D eigenvalue weighted by Gasteiger charge is -2.50. The molecule has 0 saturated carbocycles. The molecule has 3 aliphatic carbocycles. The van der Waals surface area contributed by atoms with Crippen LogP contribution in [0.15, 0.2) is 39.8 Å². The van der Waals surface area contributed by atoms with Crippen LogP contribution in [0.3, 0.4) is 0 Å². The van der Waals surface area contributed by atoms with Crippen LogP contribution in [-0.4, -0.2) is 80.3 Å². The number of primary amides is 1. The van der Waals surface area contributed by atoms with Gasteiger partial charge in [0.05, 0.1) is 18.2 Å². The normalized spacial score (nSPS) is 28.7. The van der Waals surface area contributed by atoms with Crippen molar-refractivity contribution in [2.24, 2.45) is 17.6 Å². The van der Waals surface area contributed by atoms with Gasteiger partial charge < -0.3 is 31.3 Å². The summed E-state index contributed by atoms with van der Waals surface area (Å²) in [5, 5.41) is 53.4. The molecule has 0 spiro atoms. The first-order valence-corrected chi connectivity index (χ1v) is 11.2. The number of ketones is 2. The Morgan fingerprint density at radius 3 is 2.49 bits per heavy atom. The number of aromatic hydroxyl groups is 1. The van der Waals surface area contributed by atoms with E-state index in [9.17, 15) is 39.9 Å². The highest BCUT2D eigenvalue weighted by molar-refractivity contribution is 6.31. The van der Waals surface area contributed by atoms with Crippen molar-refractivity contribution >= 4 is 35.2 Å². The average molecular weight is 505 g/mol. The second kappa shape index (κ2) is 8.49. The average Bonchev–Trinajstić information content (AvgIpc) is 2.77. The van der Waals surface area contributed by atoms with Crippen LogP contribution in [0.25, 0.3) is 6.08 Å². The molecule has 0 saturated heterocycles. The van der Waals surface area contributed by atoms with E-state index in [2.05, 4.69) is 0 Å². The number of nitrogens with zero attached hydrogens (tertiary/aromatic N) is 1. The zero-order valence-electron chi connectivity index (χ0n) is 18.9. The molecule has 0 unspecified atom stereocenters. The predicted molar refractivity (Wildman–Crippen MR) is 125 cm³/mol. The van der Waals surface area contributed by atoms with E-state index in [4.69, 9.17) is 17.3 Å². The molecule has 0 fully saturated rings.